The summed E-state index contributed by atoms with van der Waals surface area (Å²) in [5, 5.41) is 5.40. The molecule has 0 fully saturated rings. The second-order valence-electron chi connectivity index (χ2n) is 8.97. The van der Waals surface area contributed by atoms with E-state index in [0.29, 0.717) is 37.5 Å². The summed E-state index contributed by atoms with van der Waals surface area (Å²) in [6.45, 7) is 0.932. The molecule has 4 nitrogen and oxygen atoms in total. The number of halogens is 6. The van der Waals surface area contributed by atoms with E-state index in [1.54, 1.807) is 0 Å². The predicted octanol–water partition coefficient (Wildman–Crippen LogP) is 6.76. The van der Waals surface area contributed by atoms with Crippen molar-refractivity contribution in [2.45, 2.75) is 31.4 Å². The lowest BCUT2D eigenvalue weighted by Gasteiger charge is -2.24. The van der Waals surface area contributed by atoms with Crippen molar-refractivity contribution in [1.29, 1.82) is 0 Å². The van der Waals surface area contributed by atoms with Crippen molar-refractivity contribution in [2.75, 3.05) is 26.0 Å². The molecule has 0 saturated carbocycles. The molecule has 0 aliphatic rings. The summed E-state index contributed by atoms with van der Waals surface area (Å²) in [6.07, 6.45) is -9.40. The molecule has 0 spiro atoms. The van der Waals surface area contributed by atoms with Gasteiger partial charge in [0.05, 0.1) is 11.1 Å². The van der Waals surface area contributed by atoms with Gasteiger partial charge in [0, 0.05) is 18.3 Å². The van der Waals surface area contributed by atoms with Gasteiger partial charge in [0.1, 0.15) is 12.4 Å². The maximum Gasteiger partial charge on any atom is 0.416 e. The number of thiocarbonyl (C=S) groups is 1. The van der Waals surface area contributed by atoms with Crippen LogP contribution in [0.2, 0.25) is 0 Å². The van der Waals surface area contributed by atoms with E-state index < -0.39 is 29.2 Å². The Morgan fingerprint density at radius 2 is 1.42 bits per heavy atom. The van der Waals surface area contributed by atoms with Crippen molar-refractivity contribution >= 4 is 23.0 Å². The van der Waals surface area contributed by atoms with Crippen LogP contribution in [0.5, 0.6) is 5.75 Å². The van der Waals surface area contributed by atoms with E-state index in [1.807, 2.05) is 73.6 Å². The smallest absolute Gasteiger partial charge is 0.416 e. The fourth-order valence-corrected chi connectivity index (χ4v) is 4.01. The summed E-state index contributed by atoms with van der Waals surface area (Å²) in [5.41, 5.74) is -1.27. The van der Waals surface area contributed by atoms with E-state index in [4.69, 9.17) is 17.0 Å². The molecule has 3 rings (SSSR count). The van der Waals surface area contributed by atoms with Gasteiger partial charge in [0.15, 0.2) is 5.11 Å². The van der Waals surface area contributed by atoms with Gasteiger partial charge in [0.25, 0.3) is 0 Å². The lowest BCUT2D eigenvalue weighted by atomic mass is 10.1. The van der Waals surface area contributed by atoms with Gasteiger partial charge in [0.2, 0.25) is 0 Å². The fourth-order valence-electron chi connectivity index (χ4n) is 3.73. The number of rotatable bonds is 9. The molecule has 0 aromatic heterocycles. The van der Waals surface area contributed by atoms with Crippen molar-refractivity contribution in [3.8, 4) is 5.75 Å². The minimum Gasteiger partial charge on any atom is -0.489 e. The van der Waals surface area contributed by atoms with Gasteiger partial charge < -0.3 is 20.3 Å². The van der Waals surface area contributed by atoms with Crippen LogP contribution in [-0.2, 0) is 25.4 Å². The number of likely N-dealkylation sites (N-methyl/N-ethyl adjacent to an activating group) is 1. The Kier molecular flexibility index (Phi) is 9.61. The van der Waals surface area contributed by atoms with Gasteiger partial charge in [-0.25, -0.2) is 0 Å². The molecule has 3 aromatic carbocycles. The lowest BCUT2D eigenvalue weighted by molar-refractivity contribution is -0.143. The van der Waals surface area contributed by atoms with E-state index >= 15 is 0 Å². The molecule has 0 heterocycles. The van der Waals surface area contributed by atoms with Crippen LogP contribution in [0.15, 0.2) is 72.8 Å². The number of hydrogen-bond donors (Lipinski definition) is 2. The summed E-state index contributed by atoms with van der Waals surface area (Å²) in [6, 6.07) is 18.2. The average Bonchev–Trinajstić information content (AvgIpc) is 2.82. The Balaban J connectivity index is 1.67. The first-order valence-corrected chi connectivity index (χ1v) is 12.0. The lowest BCUT2D eigenvalue weighted by Crippen LogP contribution is -2.44. The topological polar surface area (TPSA) is 36.5 Å². The Bertz CT molecular complexity index is 1170. The fraction of sp³-hybridized carbons (Fsp3) is 0.296. The molecule has 0 unspecified atom stereocenters. The third-order valence-electron chi connectivity index (χ3n) is 5.42. The molecule has 2 N–H and O–H groups in total. The van der Waals surface area contributed by atoms with Gasteiger partial charge in [-0.3, -0.25) is 0 Å². The summed E-state index contributed by atoms with van der Waals surface area (Å²) < 4.78 is 84.8. The first kappa shape index (κ1) is 29.2. The van der Waals surface area contributed by atoms with Gasteiger partial charge in [-0.2, -0.15) is 26.3 Å². The number of alkyl halides is 6. The number of ether oxygens (including phenoxy) is 1. The van der Waals surface area contributed by atoms with Crippen LogP contribution in [0.4, 0.5) is 32.0 Å². The number of hydrogen-bond acceptors (Lipinski definition) is 3. The molecule has 0 saturated heterocycles. The van der Waals surface area contributed by atoms with Crippen molar-refractivity contribution in [3.63, 3.8) is 0 Å². The molecule has 11 heteroatoms. The first-order valence-electron chi connectivity index (χ1n) is 11.6. The standard InChI is InChI=1S/C27H27F6N3OS/c1-36(2)16-23(12-18-8-10-24(11-9-18)37-17-19-6-4-3-5-7-19)35-25(38)34-22-14-20(26(28,29)30)13-21(15-22)27(31,32)33/h3-11,13-15,23H,12,16-17H2,1-2H3,(H2,34,35,38)/t23-/m0/s1. The second-order valence-corrected chi connectivity index (χ2v) is 9.38. The second kappa shape index (κ2) is 12.5. The van der Waals surface area contributed by atoms with E-state index in [-0.39, 0.29) is 17.2 Å². The van der Waals surface area contributed by atoms with Gasteiger partial charge in [-0.05, 0) is 74.2 Å². The predicted molar refractivity (Wildman–Crippen MR) is 139 cm³/mol. The van der Waals surface area contributed by atoms with E-state index in [1.165, 1.54) is 0 Å². The molecule has 1 atom stereocenters. The van der Waals surface area contributed by atoms with Crippen LogP contribution in [0.25, 0.3) is 0 Å². The number of benzene rings is 3. The zero-order chi connectivity index (χ0) is 27.9. The maximum absolute atomic E-state index is 13.2. The molecular formula is C27H27F6N3OS. The minimum absolute atomic E-state index is 0.0731. The number of nitrogens with one attached hydrogen (secondary N) is 2. The van der Waals surface area contributed by atoms with Crippen LogP contribution in [-0.4, -0.2) is 36.7 Å². The van der Waals surface area contributed by atoms with E-state index in [2.05, 4.69) is 10.6 Å². The number of nitrogens with zero attached hydrogens (tertiary/aromatic N) is 1. The highest BCUT2D eigenvalue weighted by Gasteiger charge is 2.37. The van der Waals surface area contributed by atoms with E-state index in [9.17, 15) is 26.3 Å². The van der Waals surface area contributed by atoms with Gasteiger partial charge >= 0.3 is 12.4 Å². The quantitative estimate of drug-likeness (QED) is 0.225. The molecule has 0 aliphatic heterocycles. The van der Waals surface area contributed by atoms with Crippen LogP contribution >= 0.6 is 12.2 Å². The minimum atomic E-state index is -4.95. The van der Waals surface area contributed by atoms with Crippen molar-refractivity contribution < 1.29 is 31.1 Å². The molecule has 0 amide bonds. The van der Waals surface area contributed by atoms with Crippen molar-refractivity contribution in [2.24, 2.45) is 0 Å². The molecular weight excluding hydrogens is 528 g/mol. The summed E-state index contributed by atoms with van der Waals surface area (Å²) in [5.74, 6) is 0.692. The largest absolute Gasteiger partial charge is 0.489 e. The molecule has 0 bridgehead atoms. The Morgan fingerprint density at radius 3 is 1.95 bits per heavy atom. The van der Waals surface area contributed by atoms with Crippen molar-refractivity contribution in [3.05, 3.63) is 95.1 Å². The van der Waals surface area contributed by atoms with Crippen LogP contribution in [0, 0.1) is 0 Å². The highest BCUT2D eigenvalue weighted by Crippen LogP contribution is 2.37. The van der Waals surface area contributed by atoms with Gasteiger partial charge in [-0.15, -0.1) is 0 Å². The monoisotopic (exact) mass is 555 g/mol. The Morgan fingerprint density at radius 1 is 0.842 bits per heavy atom. The SMILES string of the molecule is CN(C)C[C@H](Cc1ccc(OCc2ccccc2)cc1)NC(=S)Nc1cc(C(F)(F)F)cc(C(F)(F)F)c1. The molecule has 204 valence electrons. The Hall–Kier alpha value is -3.31. The summed E-state index contributed by atoms with van der Waals surface area (Å²) in [4.78, 5) is 1.89. The molecule has 0 aliphatic carbocycles. The van der Waals surface area contributed by atoms with E-state index in [0.717, 1.165) is 11.1 Å². The van der Waals surface area contributed by atoms with Crippen molar-refractivity contribution in [1.82, 2.24) is 10.2 Å². The summed E-state index contributed by atoms with van der Waals surface area (Å²) in [7, 11) is 3.68. The highest BCUT2D eigenvalue weighted by molar-refractivity contribution is 7.80. The molecule has 3 aromatic rings. The first-order chi connectivity index (χ1) is 17.8. The van der Waals surface area contributed by atoms with Crippen LogP contribution < -0.4 is 15.4 Å². The van der Waals surface area contributed by atoms with Gasteiger partial charge in [-0.1, -0.05) is 42.5 Å². The zero-order valence-electron chi connectivity index (χ0n) is 20.7. The van der Waals surface area contributed by atoms with Crippen LogP contribution in [0.3, 0.4) is 0 Å². The third kappa shape index (κ3) is 9.21. The Labute approximate surface area is 222 Å². The summed E-state index contributed by atoms with van der Waals surface area (Å²) >= 11 is 5.23. The molecule has 0 radical (unpaired) electrons. The zero-order valence-corrected chi connectivity index (χ0v) is 21.5. The normalized spacial score (nSPS) is 12.8. The van der Waals surface area contributed by atoms with Crippen LogP contribution in [0.1, 0.15) is 22.3 Å². The third-order valence-corrected chi connectivity index (χ3v) is 5.64. The average molecular weight is 556 g/mol. The highest BCUT2D eigenvalue weighted by atomic mass is 32.1. The number of anilines is 1. The maximum atomic E-state index is 13.2. The molecule has 38 heavy (non-hydrogen) atoms.